The van der Waals surface area contributed by atoms with Gasteiger partial charge in [0, 0.05) is 19.0 Å². The fraction of sp³-hybridized carbons (Fsp3) is 0.391. The second-order valence-electron chi connectivity index (χ2n) is 8.28. The van der Waals surface area contributed by atoms with E-state index in [0.29, 0.717) is 30.8 Å². The SMILES string of the molecule is COC(=O)c1ccc(-c2ccc(OCC3CN(C(=O)OC(C)(C)C)C3)c(F)c2)cc1. The lowest BCUT2D eigenvalue weighted by molar-refractivity contribution is -0.00806. The molecule has 1 fully saturated rings. The fourth-order valence-electron chi connectivity index (χ4n) is 3.07. The Morgan fingerprint density at radius 2 is 1.70 bits per heavy atom. The number of likely N-dealkylation sites (tertiary alicyclic amines) is 1. The number of ether oxygens (including phenoxy) is 3. The standard InChI is InChI=1S/C23H26FNO5/c1-23(2,3)30-22(27)25-12-15(13-25)14-29-20-10-9-18(11-19(20)24)16-5-7-17(8-6-16)21(26)28-4/h5-11,15H,12-14H2,1-4H3. The van der Waals surface area contributed by atoms with Crippen molar-refractivity contribution in [2.75, 3.05) is 26.8 Å². The van der Waals surface area contributed by atoms with Crippen LogP contribution in [-0.4, -0.2) is 49.4 Å². The highest BCUT2D eigenvalue weighted by molar-refractivity contribution is 5.90. The first-order valence-corrected chi connectivity index (χ1v) is 9.75. The van der Waals surface area contributed by atoms with Gasteiger partial charge in [0.1, 0.15) is 5.60 Å². The third-order valence-electron chi connectivity index (χ3n) is 4.65. The van der Waals surface area contributed by atoms with Gasteiger partial charge in [-0.15, -0.1) is 0 Å². The Hall–Kier alpha value is -3.09. The minimum absolute atomic E-state index is 0.141. The molecule has 0 atom stereocenters. The summed E-state index contributed by atoms with van der Waals surface area (Å²) in [6.45, 7) is 6.85. The number of amides is 1. The Morgan fingerprint density at radius 3 is 2.27 bits per heavy atom. The van der Waals surface area contributed by atoms with Gasteiger partial charge >= 0.3 is 12.1 Å². The largest absolute Gasteiger partial charge is 0.490 e. The van der Waals surface area contributed by atoms with Crippen molar-refractivity contribution in [1.82, 2.24) is 4.90 Å². The van der Waals surface area contributed by atoms with Gasteiger partial charge in [0.15, 0.2) is 11.6 Å². The molecule has 0 unspecified atom stereocenters. The van der Waals surface area contributed by atoms with Gasteiger partial charge in [-0.2, -0.15) is 0 Å². The lowest BCUT2D eigenvalue weighted by Gasteiger charge is -2.39. The number of halogens is 1. The predicted molar refractivity (Wildman–Crippen MR) is 110 cm³/mol. The van der Waals surface area contributed by atoms with Crippen LogP contribution in [0.3, 0.4) is 0 Å². The second-order valence-corrected chi connectivity index (χ2v) is 8.28. The highest BCUT2D eigenvalue weighted by atomic mass is 19.1. The Kier molecular flexibility index (Phi) is 6.29. The van der Waals surface area contributed by atoms with E-state index in [-0.39, 0.29) is 17.8 Å². The minimum atomic E-state index is -0.525. The van der Waals surface area contributed by atoms with Crippen LogP contribution in [-0.2, 0) is 9.47 Å². The zero-order chi connectivity index (χ0) is 21.9. The molecule has 1 amide bonds. The molecule has 0 saturated carbocycles. The van der Waals surface area contributed by atoms with E-state index in [0.717, 1.165) is 5.56 Å². The Labute approximate surface area is 175 Å². The molecule has 7 heteroatoms. The highest BCUT2D eigenvalue weighted by Gasteiger charge is 2.34. The molecule has 1 heterocycles. The van der Waals surface area contributed by atoms with E-state index >= 15 is 0 Å². The number of benzene rings is 2. The maximum absolute atomic E-state index is 14.5. The molecule has 0 aliphatic carbocycles. The van der Waals surface area contributed by atoms with Crippen molar-refractivity contribution < 1.29 is 28.2 Å². The van der Waals surface area contributed by atoms with Crippen LogP contribution in [0.4, 0.5) is 9.18 Å². The van der Waals surface area contributed by atoms with Crippen molar-refractivity contribution in [3.63, 3.8) is 0 Å². The molecular weight excluding hydrogens is 389 g/mol. The van der Waals surface area contributed by atoms with Gasteiger partial charge in [-0.3, -0.25) is 0 Å². The molecule has 1 saturated heterocycles. The second kappa shape index (κ2) is 8.73. The molecule has 1 aliphatic rings. The van der Waals surface area contributed by atoms with Gasteiger partial charge in [-0.05, 0) is 56.2 Å². The van der Waals surface area contributed by atoms with Crippen LogP contribution in [0.15, 0.2) is 42.5 Å². The number of carbonyl (C=O) groups excluding carboxylic acids is 2. The summed E-state index contributed by atoms with van der Waals surface area (Å²) in [7, 11) is 1.32. The molecule has 2 aromatic carbocycles. The molecule has 160 valence electrons. The number of nitrogens with zero attached hydrogens (tertiary/aromatic N) is 1. The number of hydrogen-bond donors (Lipinski definition) is 0. The first-order valence-electron chi connectivity index (χ1n) is 9.75. The first-order chi connectivity index (χ1) is 14.2. The lowest BCUT2D eigenvalue weighted by Crippen LogP contribution is -2.53. The Balaban J connectivity index is 1.53. The number of rotatable bonds is 5. The van der Waals surface area contributed by atoms with Crippen LogP contribution in [0.25, 0.3) is 11.1 Å². The zero-order valence-corrected chi connectivity index (χ0v) is 17.6. The summed E-state index contributed by atoms with van der Waals surface area (Å²) in [4.78, 5) is 25.1. The molecule has 0 spiro atoms. The molecule has 1 aliphatic heterocycles. The first kappa shape index (κ1) is 21.6. The predicted octanol–water partition coefficient (Wildman–Crippen LogP) is 4.53. The van der Waals surface area contributed by atoms with Crippen molar-refractivity contribution in [1.29, 1.82) is 0 Å². The Morgan fingerprint density at radius 1 is 1.07 bits per heavy atom. The van der Waals surface area contributed by atoms with Crippen molar-refractivity contribution >= 4 is 12.1 Å². The third-order valence-corrected chi connectivity index (χ3v) is 4.65. The number of hydrogen-bond acceptors (Lipinski definition) is 5. The molecule has 3 rings (SSSR count). The van der Waals surface area contributed by atoms with Crippen LogP contribution < -0.4 is 4.74 Å². The summed E-state index contributed by atoms with van der Waals surface area (Å²) in [6, 6.07) is 11.5. The van der Waals surface area contributed by atoms with Crippen LogP contribution in [0, 0.1) is 11.7 Å². The molecule has 0 N–H and O–H groups in total. The topological polar surface area (TPSA) is 65.1 Å². The molecule has 0 bridgehead atoms. The van der Waals surface area contributed by atoms with Crippen LogP contribution >= 0.6 is 0 Å². The summed E-state index contributed by atoms with van der Waals surface area (Å²) in [6.07, 6.45) is -0.340. The highest BCUT2D eigenvalue weighted by Crippen LogP contribution is 2.27. The average Bonchev–Trinajstić information content (AvgIpc) is 2.66. The van der Waals surface area contributed by atoms with Gasteiger partial charge < -0.3 is 19.1 Å². The molecule has 6 nitrogen and oxygen atoms in total. The zero-order valence-electron chi connectivity index (χ0n) is 17.6. The summed E-state index contributed by atoms with van der Waals surface area (Å²) >= 11 is 0. The van der Waals surface area contributed by atoms with E-state index in [1.54, 1.807) is 41.3 Å². The van der Waals surface area contributed by atoms with Gasteiger partial charge in [0.05, 0.1) is 19.3 Å². The number of carbonyl (C=O) groups is 2. The summed E-state index contributed by atoms with van der Waals surface area (Å²) < 4.78 is 30.1. The smallest absolute Gasteiger partial charge is 0.410 e. The van der Waals surface area contributed by atoms with Gasteiger partial charge in [0.2, 0.25) is 0 Å². The number of methoxy groups -OCH3 is 1. The van der Waals surface area contributed by atoms with Crippen molar-refractivity contribution in [2.45, 2.75) is 26.4 Å². The van der Waals surface area contributed by atoms with Crippen LogP contribution in [0.2, 0.25) is 0 Å². The van der Waals surface area contributed by atoms with E-state index in [4.69, 9.17) is 9.47 Å². The van der Waals surface area contributed by atoms with Crippen LogP contribution in [0.1, 0.15) is 31.1 Å². The summed E-state index contributed by atoms with van der Waals surface area (Å²) in [5.41, 5.74) is 1.36. The van der Waals surface area contributed by atoms with E-state index in [9.17, 15) is 14.0 Å². The van der Waals surface area contributed by atoms with E-state index < -0.39 is 17.4 Å². The van der Waals surface area contributed by atoms with E-state index in [2.05, 4.69) is 4.74 Å². The average molecular weight is 415 g/mol. The maximum atomic E-state index is 14.5. The summed E-state index contributed by atoms with van der Waals surface area (Å²) in [5, 5.41) is 0. The molecule has 0 aromatic heterocycles. The lowest BCUT2D eigenvalue weighted by atomic mass is 10.0. The molecular formula is C23H26FNO5. The number of esters is 1. The molecule has 0 radical (unpaired) electrons. The van der Waals surface area contributed by atoms with Crippen molar-refractivity contribution in [3.8, 4) is 16.9 Å². The third kappa shape index (κ3) is 5.28. The Bertz CT molecular complexity index is 914. The van der Waals surface area contributed by atoms with Gasteiger partial charge in [-0.25, -0.2) is 14.0 Å². The van der Waals surface area contributed by atoms with Gasteiger partial charge in [-0.1, -0.05) is 18.2 Å². The molecule has 2 aromatic rings. The van der Waals surface area contributed by atoms with Gasteiger partial charge in [0.25, 0.3) is 0 Å². The normalized spacial score (nSPS) is 14.1. The van der Waals surface area contributed by atoms with Crippen LogP contribution in [0.5, 0.6) is 5.75 Å². The van der Waals surface area contributed by atoms with E-state index in [1.807, 2.05) is 20.8 Å². The molecule has 30 heavy (non-hydrogen) atoms. The maximum Gasteiger partial charge on any atom is 0.410 e. The minimum Gasteiger partial charge on any atom is -0.490 e. The fourth-order valence-corrected chi connectivity index (χ4v) is 3.07. The van der Waals surface area contributed by atoms with Crippen molar-refractivity contribution in [2.24, 2.45) is 5.92 Å². The van der Waals surface area contributed by atoms with Crippen molar-refractivity contribution in [3.05, 3.63) is 53.8 Å². The summed E-state index contributed by atoms with van der Waals surface area (Å²) in [5.74, 6) is -0.575. The monoisotopic (exact) mass is 415 g/mol. The van der Waals surface area contributed by atoms with E-state index in [1.165, 1.54) is 13.2 Å². The quantitative estimate of drug-likeness (QED) is 0.672.